The van der Waals surface area contributed by atoms with Gasteiger partial charge in [-0.1, -0.05) is 23.5 Å². The predicted molar refractivity (Wildman–Crippen MR) is 136 cm³/mol. The molecule has 182 valence electrons. The summed E-state index contributed by atoms with van der Waals surface area (Å²) in [6.07, 6.45) is 1.70. The molecule has 0 radical (unpaired) electrons. The lowest BCUT2D eigenvalue weighted by atomic mass is 9.95. The third kappa shape index (κ3) is 4.63. The second kappa shape index (κ2) is 10.1. The normalized spacial score (nSPS) is 15.5. The standard InChI is InChI=1S/C25H23BrN2O6S/c1-5-34-24(31)20-13(2)27-25-28(21(20)15-7-6-8-16(12-15)32-3)23(30)19(35-25)11-14-9-17(26)22(29)18(10-14)33-4/h6-12,21,29H,5H2,1-4H3/t21-/m0/s1. The van der Waals surface area contributed by atoms with Crippen LogP contribution in [0.4, 0.5) is 0 Å². The second-order valence-corrected chi connectivity index (χ2v) is 9.50. The molecular formula is C25H23BrN2O6S. The van der Waals surface area contributed by atoms with E-state index in [4.69, 9.17) is 14.2 Å². The highest BCUT2D eigenvalue weighted by atomic mass is 79.9. The molecule has 1 aliphatic heterocycles. The Hall–Kier alpha value is -3.37. The van der Waals surface area contributed by atoms with E-state index in [1.807, 2.05) is 12.1 Å². The van der Waals surface area contributed by atoms with Gasteiger partial charge < -0.3 is 19.3 Å². The molecule has 1 N–H and O–H groups in total. The van der Waals surface area contributed by atoms with Gasteiger partial charge in [0.25, 0.3) is 5.56 Å². The number of aromatic nitrogens is 1. The number of hydrogen-bond acceptors (Lipinski definition) is 8. The Labute approximate surface area is 213 Å². The molecule has 1 aromatic heterocycles. The molecule has 0 aliphatic carbocycles. The number of rotatable bonds is 6. The minimum atomic E-state index is -0.733. The van der Waals surface area contributed by atoms with Crippen molar-refractivity contribution in [2.45, 2.75) is 19.9 Å². The predicted octanol–water partition coefficient (Wildman–Crippen LogP) is 3.28. The van der Waals surface area contributed by atoms with Gasteiger partial charge in [-0.05, 0) is 71.2 Å². The number of hydrogen-bond donors (Lipinski definition) is 1. The zero-order valence-electron chi connectivity index (χ0n) is 19.5. The van der Waals surface area contributed by atoms with Crippen molar-refractivity contribution < 1.29 is 24.1 Å². The molecule has 0 spiro atoms. The topological polar surface area (TPSA) is 99.4 Å². The SMILES string of the molecule is CCOC(=O)C1=C(C)N=c2sc(=Cc3cc(Br)c(O)c(OC)c3)c(=O)n2[C@H]1c1cccc(OC)c1. The van der Waals surface area contributed by atoms with Crippen LogP contribution in [-0.2, 0) is 9.53 Å². The maximum Gasteiger partial charge on any atom is 0.338 e. The van der Waals surface area contributed by atoms with Gasteiger partial charge in [-0.25, -0.2) is 9.79 Å². The van der Waals surface area contributed by atoms with Crippen LogP contribution in [0.3, 0.4) is 0 Å². The van der Waals surface area contributed by atoms with Gasteiger partial charge in [-0.2, -0.15) is 0 Å². The molecule has 2 aromatic carbocycles. The molecule has 0 amide bonds. The summed E-state index contributed by atoms with van der Waals surface area (Å²) in [6.45, 7) is 3.66. The van der Waals surface area contributed by atoms with Crippen LogP contribution in [0, 0.1) is 0 Å². The molecule has 35 heavy (non-hydrogen) atoms. The van der Waals surface area contributed by atoms with Crippen molar-refractivity contribution >= 4 is 39.3 Å². The molecule has 10 heteroatoms. The van der Waals surface area contributed by atoms with Gasteiger partial charge in [-0.3, -0.25) is 9.36 Å². The highest BCUT2D eigenvalue weighted by Crippen LogP contribution is 2.35. The number of ether oxygens (including phenoxy) is 3. The van der Waals surface area contributed by atoms with Crippen LogP contribution < -0.4 is 24.4 Å². The lowest BCUT2D eigenvalue weighted by Gasteiger charge is -2.25. The number of phenols is 1. The first-order valence-corrected chi connectivity index (χ1v) is 12.3. The van der Waals surface area contributed by atoms with E-state index in [2.05, 4.69) is 20.9 Å². The first-order valence-electron chi connectivity index (χ1n) is 10.7. The number of nitrogens with zero attached hydrogens (tertiary/aromatic N) is 2. The largest absolute Gasteiger partial charge is 0.503 e. The van der Waals surface area contributed by atoms with E-state index in [0.717, 1.165) is 0 Å². The van der Waals surface area contributed by atoms with Crippen LogP contribution in [0.5, 0.6) is 17.2 Å². The summed E-state index contributed by atoms with van der Waals surface area (Å²) in [5, 5.41) is 10.1. The zero-order valence-corrected chi connectivity index (χ0v) is 21.9. The summed E-state index contributed by atoms with van der Waals surface area (Å²) < 4.78 is 18.3. The molecule has 0 saturated carbocycles. The number of benzene rings is 2. The molecule has 1 aliphatic rings. The van der Waals surface area contributed by atoms with Gasteiger partial charge in [0.2, 0.25) is 0 Å². The summed E-state index contributed by atoms with van der Waals surface area (Å²) >= 11 is 4.52. The van der Waals surface area contributed by atoms with E-state index in [9.17, 15) is 14.7 Å². The number of phenolic OH excluding ortho intramolecular Hbond substituents is 1. The Bertz CT molecular complexity index is 1520. The Kier molecular flexibility index (Phi) is 7.13. The molecule has 1 atom stereocenters. The summed E-state index contributed by atoms with van der Waals surface area (Å²) in [7, 11) is 3.01. The number of carbonyl (C=O) groups excluding carboxylic acids is 1. The van der Waals surface area contributed by atoms with Crippen LogP contribution in [0.25, 0.3) is 6.08 Å². The Morgan fingerprint density at radius 3 is 2.71 bits per heavy atom. The lowest BCUT2D eigenvalue weighted by Crippen LogP contribution is -2.39. The number of aromatic hydroxyl groups is 1. The minimum absolute atomic E-state index is 0.0289. The van der Waals surface area contributed by atoms with Crippen molar-refractivity contribution in [2.24, 2.45) is 4.99 Å². The van der Waals surface area contributed by atoms with Crippen LogP contribution in [0.1, 0.15) is 31.0 Å². The lowest BCUT2D eigenvalue weighted by molar-refractivity contribution is -0.139. The Morgan fingerprint density at radius 2 is 2.03 bits per heavy atom. The van der Waals surface area contributed by atoms with Crippen LogP contribution in [0.2, 0.25) is 0 Å². The van der Waals surface area contributed by atoms with Crippen LogP contribution in [-0.4, -0.2) is 36.5 Å². The third-order valence-electron chi connectivity index (χ3n) is 5.50. The third-order valence-corrected chi connectivity index (χ3v) is 7.08. The van der Waals surface area contributed by atoms with Crippen LogP contribution >= 0.6 is 27.3 Å². The van der Waals surface area contributed by atoms with Gasteiger partial charge in [0.05, 0.1) is 47.1 Å². The molecule has 2 heterocycles. The fourth-order valence-electron chi connectivity index (χ4n) is 3.90. The number of fused-ring (bicyclic) bond motifs is 1. The van der Waals surface area contributed by atoms with Crippen molar-refractivity contribution in [1.82, 2.24) is 4.57 Å². The van der Waals surface area contributed by atoms with Crippen LogP contribution in [0.15, 0.2) is 61.9 Å². The van der Waals surface area contributed by atoms with Crippen molar-refractivity contribution in [3.63, 3.8) is 0 Å². The zero-order chi connectivity index (χ0) is 25.3. The van der Waals surface area contributed by atoms with E-state index < -0.39 is 12.0 Å². The van der Waals surface area contributed by atoms with Gasteiger partial charge in [0, 0.05) is 0 Å². The van der Waals surface area contributed by atoms with Gasteiger partial charge >= 0.3 is 5.97 Å². The van der Waals surface area contributed by atoms with Crippen molar-refractivity contribution in [1.29, 1.82) is 0 Å². The first kappa shape index (κ1) is 24.7. The number of allylic oxidation sites excluding steroid dienone is 1. The average molecular weight is 559 g/mol. The van der Waals surface area contributed by atoms with Crippen molar-refractivity contribution in [2.75, 3.05) is 20.8 Å². The number of esters is 1. The van der Waals surface area contributed by atoms with Gasteiger partial charge in [0.15, 0.2) is 16.3 Å². The molecule has 4 rings (SSSR count). The van der Waals surface area contributed by atoms with Crippen molar-refractivity contribution in [3.8, 4) is 17.2 Å². The maximum absolute atomic E-state index is 13.7. The highest BCUT2D eigenvalue weighted by Gasteiger charge is 2.33. The molecule has 0 unspecified atom stereocenters. The summed E-state index contributed by atoms with van der Waals surface area (Å²) in [4.78, 5) is 31.7. The quantitative estimate of drug-likeness (QED) is 0.466. The Morgan fingerprint density at radius 1 is 1.26 bits per heavy atom. The molecule has 0 saturated heterocycles. The monoisotopic (exact) mass is 558 g/mol. The van der Waals surface area contributed by atoms with E-state index in [1.165, 1.54) is 23.0 Å². The summed E-state index contributed by atoms with van der Waals surface area (Å²) in [5.74, 6) is 0.318. The highest BCUT2D eigenvalue weighted by molar-refractivity contribution is 9.10. The number of halogens is 1. The maximum atomic E-state index is 13.7. The number of methoxy groups -OCH3 is 2. The van der Waals surface area contributed by atoms with E-state index in [0.29, 0.717) is 42.0 Å². The fourth-order valence-corrected chi connectivity index (χ4v) is 5.41. The number of carbonyl (C=O) groups is 1. The first-order chi connectivity index (χ1) is 16.8. The average Bonchev–Trinajstić information content (AvgIpc) is 3.14. The molecule has 0 fully saturated rings. The van der Waals surface area contributed by atoms with Gasteiger partial charge in [-0.15, -0.1) is 0 Å². The summed E-state index contributed by atoms with van der Waals surface area (Å²) in [6, 6.07) is 9.82. The molecule has 0 bridgehead atoms. The second-order valence-electron chi connectivity index (χ2n) is 7.63. The van der Waals surface area contributed by atoms with E-state index in [1.54, 1.807) is 51.3 Å². The molecule has 3 aromatic rings. The summed E-state index contributed by atoms with van der Waals surface area (Å²) in [5.41, 5.74) is 1.82. The smallest absolute Gasteiger partial charge is 0.338 e. The number of thiazole rings is 1. The van der Waals surface area contributed by atoms with Gasteiger partial charge in [0.1, 0.15) is 5.75 Å². The fraction of sp³-hybridized carbons (Fsp3) is 0.240. The molecule has 8 nitrogen and oxygen atoms in total. The van der Waals surface area contributed by atoms with E-state index in [-0.39, 0.29) is 23.7 Å². The van der Waals surface area contributed by atoms with E-state index >= 15 is 0 Å². The Balaban J connectivity index is 1.96. The molecular weight excluding hydrogens is 536 g/mol. The van der Waals surface area contributed by atoms with Crippen molar-refractivity contribution in [3.05, 3.63) is 83.0 Å². The minimum Gasteiger partial charge on any atom is -0.503 e.